The highest BCUT2D eigenvalue weighted by Gasteiger charge is 2.21. The maximum absolute atomic E-state index is 9.20. The van der Waals surface area contributed by atoms with Crippen LogP contribution in [0.2, 0.25) is 0 Å². The predicted octanol–water partition coefficient (Wildman–Crippen LogP) is 0.295. The molecule has 1 fully saturated rings. The quantitative estimate of drug-likeness (QED) is 0.704. The van der Waals surface area contributed by atoms with Crippen LogP contribution in [0.4, 0.5) is 0 Å². The van der Waals surface area contributed by atoms with E-state index in [4.69, 9.17) is 11.5 Å². The van der Waals surface area contributed by atoms with Crippen LogP contribution in [0, 0.1) is 0 Å². The van der Waals surface area contributed by atoms with Crippen molar-refractivity contribution in [1.82, 2.24) is 4.90 Å². The Kier molecular flexibility index (Phi) is 3.99. The first-order valence-corrected chi connectivity index (χ1v) is 6.15. The van der Waals surface area contributed by atoms with Gasteiger partial charge in [0.15, 0.2) is 0 Å². The number of hydrogen-bond donors (Lipinski definition) is 3. The van der Waals surface area contributed by atoms with E-state index in [-0.39, 0.29) is 12.1 Å². The molecular formula is C13H21N3O. The van der Waals surface area contributed by atoms with E-state index in [1.165, 1.54) is 5.56 Å². The fourth-order valence-corrected chi connectivity index (χ4v) is 2.41. The average Bonchev–Trinajstić information content (AvgIpc) is 2.27. The van der Waals surface area contributed by atoms with Gasteiger partial charge >= 0.3 is 0 Å². The van der Waals surface area contributed by atoms with Gasteiger partial charge in [0, 0.05) is 31.7 Å². The fourth-order valence-electron chi connectivity index (χ4n) is 2.41. The second-order valence-electron chi connectivity index (χ2n) is 4.93. The Morgan fingerprint density at radius 1 is 1.12 bits per heavy atom. The van der Waals surface area contributed by atoms with Crippen molar-refractivity contribution >= 4 is 0 Å². The second-order valence-corrected chi connectivity index (χ2v) is 4.93. The molecule has 1 heterocycles. The van der Waals surface area contributed by atoms with Gasteiger partial charge in [-0.1, -0.05) is 12.1 Å². The van der Waals surface area contributed by atoms with Crippen LogP contribution in [0.25, 0.3) is 0 Å². The minimum absolute atomic E-state index is 0.207. The first-order valence-electron chi connectivity index (χ1n) is 6.15. The maximum Gasteiger partial charge on any atom is 0.115 e. The number of hydrogen-bond acceptors (Lipinski definition) is 4. The van der Waals surface area contributed by atoms with E-state index in [0.29, 0.717) is 5.75 Å². The van der Waals surface area contributed by atoms with E-state index >= 15 is 0 Å². The van der Waals surface area contributed by atoms with Gasteiger partial charge in [-0.15, -0.1) is 0 Å². The standard InChI is InChI=1S/C13H21N3O/c14-11-7-12(15)9-16(8-11)6-5-10-1-3-13(17)4-2-10/h1-4,11-12,17H,5-9,14-15H2. The molecule has 4 heteroatoms. The van der Waals surface area contributed by atoms with Crippen molar-refractivity contribution < 1.29 is 5.11 Å². The number of nitrogens with two attached hydrogens (primary N) is 2. The third kappa shape index (κ3) is 3.70. The SMILES string of the molecule is NC1CC(N)CN(CCc2ccc(O)cc2)C1. The lowest BCUT2D eigenvalue weighted by Crippen LogP contribution is -2.52. The van der Waals surface area contributed by atoms with Gasteiger partial charge in [-0.3, -0.25) is 4.90 Å². The van der Waals surface area contributed by atoms with Crippen molar-refractivity contribution in [2.45, 2.75) is 24.9 Å². The molecule has 2 atom stereocenters. The Bertz CT molecular complexity index is 342. The van der Waals surface area contributed by atoms with Gasteiger partial charge < -0.3 is 16.6 Å². The van der Waals surface area contributed by atoms with Gasteiger partial charge in [-0.05, 0) is 30.5 Å². The molecule has 4 nitrogen and oxygen atoms in total. The van der Waals surface area contributed by atoms with Crippen molar-refractivity contribution in [3.63, 3.8) is 0 Å². The molecule has 0 aromatic heterocycles. The van der Waals surface area contributed by atoms with E-state index in [9.17, 15) is 5.11 Å². The summed E-state index contributed by atoms with van der Waals surface area (Å²) in [7, 11) is 0. The first-order chi connectivity index (χ1) is 8.13. The van der Waals surface area contributed by atoms with Crippen molar-refractivity contribution in [3.8, 4) is 5.75 Å². The molecule has 2 rings (SSSR count). The minimum Gasteiger partial charge on any atom is -0.508 e. The van der Waals surface area contributed by atoms with Crippen molar-refractivity contribution in [1.29, 1.82) is 0 Å². The Morgan fingerprint density at radius 3 is 2.29 bits per heavy atom. The number of benzene rings is 1. The van der Waals surface area contributed by atoms with E-state index in [1.807, 2.05) is 12.1 Å². The Morgan fingerprint density at radius 2 is 1.71 bits per heavy atom. The summed E-state index contributed by atoms with van der Waals surface area (Å²) in [5.74, 6) is 0.316. The topological polar surface area (TPSA) is 75.5 Å². The zero-order valence-electron chi connectivity index (χ0n) is 10.0. The van der Waals surface area contributed by atoms with Gasteiger partial charge in [0.25, 0.3) is 0 Å². The van der Waals surface area contributed by atoms with Crippen LogP contribution >= 0.6 is 0 Å². The summed E-state index contributed by atoms with van der Waals surface area (Å²) in [5.41, 5.74) is 13.1. The summed E-state index contributed by atoms with van der Waals surface area (Å²) in [5, 5.41) is 9.20. The van der Waals surface area contributed by atoms with Crippen LogP contribution in [-0.2, 0) is 6.42 Å². The van der Waals surface area contributed by atoms with Crippen LogP contribution in [-0.4, -0.2) is 41.7 Å². The van der Waals surface area contributed by atoms with E-state index in [2.05, 4.69) is 4.90 Å². The zero-order chi connectivity index (χ0) is 12.3. The van der Waals surface area contributed by atoms with Crippen molar-refractivity contribution in [2.24, 2.45) is 11.5 Å². The third-order valence-corrected chi connectivity index (χ3v) is 3.24. The summed E-state index contributed by atoms with van der Waals surface area (Å²) in [6.45, 7) is 2.85. The number of phenols is 1. The van der Waals surface area contributed by atoms with Crippen molar-refractivity contribution in [2.75, 3.05) is 19.6 Å². The summed E-state index contributed by atoms with van der Waals surface area (Å²) < 4.78 is 0. The number of rotatable bonds is 3. The van der Waals surface area contributed by atoms with Crippen LogP contribution in [0.1, 0.15) is 12.0 Å². The number of likely N-dealkylation sites (tertiary alicyclic amines) is 1. The summed E-state index contributed by atoms with van der Waals surface area (Å²) in [6, 6.07) is 7.78. The predicted molar refractivity (Wildman–Crippen MR) is 68.8 cm³/mol. The molecule has 1 aromatic carbocycles. The highest BCUT2D eigenvalue weighted by Crippen LogP contribution is 2.12. The van der Waals surface area contributed by atoms with Gasteiger partial charge in [-0.2, -0.15) is 0 Å². The minimum atomic E-state index is 0.207. The molecule has 0 amide bonds. The maximum atomic E-state index is 9.20. The molecule has 0 radical (unpaired) electrons. The molecule has 2 unspecified atom stereocenters. The second kappa shape index (κ2) is 5.49. The smallest absolute Gasteiger partial charge is 0.115 e. The lowest BCUT2D eigenvalue weighted by atomic mass is 10.0. The number of aromatic hydroxyl groups is 1. The molecule has 0 spiro atoms. The van der Waals surface area contributed by atoms with Gasteiger partial charge in [0.05, 0.1) is 0 Å². The van der Waals surface area contributed by atoms with Crippen LogP contribution in [0.5, 0.6) is 5.75 Å². The zero-order valence-corrected chi connectivity index (χ0v) is 10.0. The molecular weight excluding hydrogens is 214 g/mol. The summed E-state index contributed by atoms with van der Waals surface area (Å²) in [6.07, 6.45) is 1.90. The molecule has 5 N–H and O–H groups in total. The van der Waals surface area contributed by atoms with Gasteiger partial charge in [0.2, 0.25) is 0 Å². The third-order valence-electron chi connectivity index (χ3n) is 3.24. The Labute approximate surface area is 102 Å². The highest BCUT2D eigenvalue weighted by atomic mass is 16.3. The molecule has 1 aromatic rings. The number of piperidine rings is 1. The molecule has 1 aliphatic heterocycles. The summed E-state index contributed by atoms with van der Waals surface area (Å²) >= 11 is 0. The monoisotopic (exact) mass is 235 g/mol. The van der Waals surface area contributed by atoms with Crippen LogP contribution in [0.3, 0.4) is 0 Å². The Balaban J connectivity index is 1.83. The normalized spacial score (nSPS) is 26.0. The van der Waals surface area contributed by atoms with Gasteiger partial charge in [-0.25, -0.2) is 0 Å². The number of nitrogens with zero attached hydrogens (tertiary/aromatic N) is 1. The van der Waals surface area contributed by atoms with E-state index in [1.54, 1.807) is 12.1 Å². The summed E-state index contributed by atoms with van der Waals surface area (Å²) in [4.78, 5) is 2.33. The Hall–Kier alpha value is -1.10. The molecule has 17 heavy (non-hydrogen) atoms. The van der Waals surface area contributed by atoms with E-state index < -0.39 is 0 Å². The average molecular weight is 235 g/mol. The highest BCUT2D eigenvalue weighted by molar-refractivity contribution is 5.26. The van der Waals surface area contributed by atoms with Crippen LogP contribution < -0.4 is 11.5 Å². The van der Waals surface area contributed by atoms with Crippen molar-refractivity contribution in [3.05, 3.63) is 29.8 Å². The largest absolute Gasteiger partial charge is 0.508 e. The molecule has 0 bridgehead atoms. The number of phenolic OH excluding ortho intramolecular Hbond substituents is 1. The van der Waals surface area contributed by atoms with E-state index in [0.717, 1.165) is 32.5 Å². The molecule has 94 valence electrons. The molecule has 0 aliphatic carbocycles. The molecule has 0 saturated carbocycles. The first kappa shape index (κ1) is 12.4. The van der Waals surface area contributed by atoms with Gasteiger partial charge in [0.1, 0.15) is 5.75 Å². The lowest BCUT2D eigenvalue weighted by molar-refractivity contribution is 0.192. The molecule has 1 saturated heterocycles. The van der Waals surface area contributed by atoms with Crippen LogP contribution in [0.15, 0.2) is 24.3 Å². The molecule has 1 aliphatic rings. The lowest BCUT2D eigenvalue weighted by Gasteiger charge is -2.34. The fraction of sp³-hybridized carbons (Fsp3) is 0.538.